The number of fused-ring (bicyclic) bond motifs is 1. The van der Waals surface area contributed by atoms with Gasteiger partial charge in [-0.3, -0.25) is 14.4 Å². The third-order valence-corrected chi connectivity index (χ3v) is 5.05. The number of piperidine rings is 1. The van der Waals surface area contributed by atoms with Gasteiger partial charge in [0, 0.05) is 19.2 Å². The van der Waals surface area contributed by atoms with E-state index in [2.05, 4.69) is 5.10 Å². The van der Waals surface area contributed by atoms with Gasteiger partial charge in [-0.1, -0.05) is 0 Å². The Bertz CT molecular complexity index is 704. The fourth-order valence-electron chi connectivity index (χ4n) is 3.56. The van der Waals surface area contributed by atoms with Crippen LogP contribution in [0, 0.1) is 5.92 Å². The average molecular weight is 333 g/mol. The summed E-state index contributed by atoms with van der Waals surface area (Å²) in [6.45, 7) is 2.72. The van der Waals surface area contributed by atoms with Crippen LogP contribution in [0.25, 0.3) is 0 Å². The van der Waals surface area contributed by atoms with E-state index in [-0.39, 0.29) is 23.4 Å². The van der Waals surface area contributed by atoms with Crippen molar-refractivity contribution in [2.75, 3.05) is 20.2 Å². The van der Waals surface area contributed by atoms with Gasteiger partial charge < -0.3 is 9.64 Å². The molecule has 1 fully saturated rings. The van der Waals surface area contributed by atoms with E-state index in [1.165, 1.54) is 11.8 Å². The Labute approximate surface area is 140 Å². The summed E-state index contributed by atoms with van der Waals surface area (Å²) in [6.07, 6.45) is 3.95. The first-order valence-corrected chi connectivity index (χ1v) is 8.49. The van der Waals surface area contributed by atoms with Crippen LogP contribution in [0.15, 0.2) is 10.9 Å². The molecule has 0 saturated carbocycles. The molecule has 1 unspecified atom stereocenters. The molecule has 1 aromatic rings. The van der Waals surface area contributed by atoms with Crippen LogP contribution in [0.3, 0.4) is 0 Å². The summed E-state index contributed by atoms with van der Waals surface area (Å²) in [5.41, 5.74) is 1.72. The van der Waals surface area contributed by atoms with Crippen LogP contribution in [0.2, 0.25) is 0 Å². The molecule has 1 amide bonds. The molecule has 1 aliphatic heterocycles. The number of amides is 1. The van der Waals surface area contributed by atoms with Crippen LogP contribution in [-0.2, 0) is 27.2 Å². The van der Waals surface area contributed by atoms with Gasteiger partial charge in [0.15, 0.2) is 0 Å². The van der Waals surface area contributed by atoms with Crippen molar-refractivity contribution < 1.29 is 14.3 Å². The molecule has 0 N–H and O–H groups in total. The molecule has 2 aliphatic rings. The molecule has 3 rings (SSSR count). The fourth-order valence-corrected chi connectivity index (χ4v) is 3.56. The average Bonchev–Trinajstić information content (AvgIpc) is 3.06. The van der Waals surface area contributed by atoms with E-state index in [4.69, 9.17) is 4.74 Å². The number of methoxy groups -OCH3 is 1. The number of hydrogen-bond acceptors (Lipinski definition) is 5. The zero-order chi connectivity index (χ0) is 17.3. The van der Waals surface area contributed by atoms with Gasteiger partial charge in [-0.05, 0) is 44.6 Å². The summed E-state index contributed by atoms with van der Waals surface area (Å²) < 4.78 is 6.07. The molecule has 2 heterocycles. The minimum absolute atomic E-state index is 0.120. The maximum Gasteiger partial charge on any atom is 0.308 e. The van der Waals surface area contributed by atoms with Gasteiger partial charge in [-0.15, -0.1) is 0 Å². The molecule has 1 saturated heterocycles. The van der Waals surface area contributed by atoms with E-state index in [1.54, 1.807) is 17.9 Å². The van der Waals surface area contributed by atoms with Gasteiger partial charge in [0.05, 0.1) is 18.7 Å². The molecule has 7 nitrogen and oxygen atoms in total. The number of rotatable bonds is 3. The van der Waals surface area contributed by atoms with Crippen molar-refractivity contribution in [2.45, 2.75) is 45.1 Å². The van der Waals surface area contributed by atoms with Crippen molar-refractivity contribution >= 4 is 11.9 Å². The molecule has 0 spiro atoms. The first-order valence-electron chi connectivity index (χ1n) is 8.49. The highest BCUT2D eigenvalue weighted by atomic mass is 16.5. The van der Waals surface area contributed by atoms with E-state index >= 15 is 0 Å². The molecule has 1 aliphatic carbocycles. The number of hydrogen-bond donors (Lipinski definition) is 0. The summed E-state index contributed by atoms with van der Waals surface area (Å²) in [5, 5.41) is 4.41. The number of carbonyl (C=O) groups excluding carboxylic acids is 2. The van der Waals surface area contributed by atoms with Crippen molar-refractivity contribution in [2.24, 2.45) is 5.92 Å². The van der Waals surface area contributed by atoms with Crippen LogP contribution >= 0.6 is 0 Å². The van der Waals surface area contributed by atoms with Gasteiger partial charge >= 0.3 is 5.97 Å². The minimum Gasteiger partial charge on any atom is -0.469 e. The smallest absolute Gasteiger partial charge is 0.308 e. The molecule has 0 bridgehead atoms. The second kappa shape index (κ2) is 6.75. The molecule has 0 aromatic carbocycles. The molecule has 130 valence electrons. The van der Waals surface area contributed by atoms with E-state index in [0.717, 1.165) is 30.5 Å². The number of likely N-dealkylation sites (tertiary alicyclic amines) is 1. The van der Waals surface area contributed by atoms with Crippen LogP contribution in [0.5, 0.6) is 0 Å². The van der Waals surface area contributed by atoms with E-state index in [1.807, 2.05) is 0 Å². The van der Waals surface area contributed by atoms with E-state index in [0.29, 0.717) is 25.9 Å². The maximum atomic E-state index is 12.7. The number of esters is 1. The summed E-state index contributed by atoms with van der Waals surface area (Å²) >= 11 is 0. The van der Waals surface area contributed by atoms with E-state index < -0.39 is 6.04 Å². The van der Waals surface area contributed by atoms with Gasteiger partial charge in [-0.25, -0.2) is 4.68 Å². The lowest BCUT2D eigenvalue weighted by atomic mass is 9.96. The van der Waals surface area contributed by atoms with Crippen molar-refractivity contribution in [3.63, 3.8) is 0 Å². The van der Waals surface area contributed by atoms with Crippen LogP contribution in [0.1, 0.15) is 43.5 Å². The van der Waals surface area contributed by atoms with Crippen molar-refractivity contribution in [1.29, 1.82) is 0 Å². The normalized spacial score (nSPS) is 19.0. The first-order chi connectivity index (χ1) is 11.5. The number of ether oxygens (including phenoxy) is 1. The lowest BCUT2D eigenvalue weighted by Gasteiger charge is -2.32. The SMILES string of the molecule is COC(=O)C1CCN(C(=O)C(C)n2nc3c(cc2=O)CCC3)CC1. The highest BCUT2D eigenvalue weighted by Crippen LogP contribution is 2.22. The molecule has 24 heavy (non-hydrogen) atoms. The van der Waals surface area contributed by atoms with Gasteiger partial charge in [-0.2, -0.15) is 5.10 Å². The highest BCUT2D eigenvalue weighted by molar-refractivity contribution is 5.80. The third kappa shape index (κ3) is 3.07. The molecular formula is C17H23N3O4. The van der Waals surface area contributed by atoms with Crippen molar-refractivity contribution in [1.82, 2.24) is 14.7 Å². The third-order valence-electron chi connectivity index (χ3n) is 5.05. The lowest BCUT2D eigenvalue weighted by Crippen LogP contribution is -2.45. The Balaban J connectivity index is 1.70. The number of aromatic nitrogens is 2. The molecular weight excluding hydrogens is 310 g/mol. The monoisotopic (exact) mass is 333 g/mol. The predicted molar refractivity (Wildman–Crippen MR) is 86.6 cm³/mol. The zero-order valence-corrected chi connectivity index (χ0v) is 14.2. The quantitative estimate of drug-likeness (QED) is 0.761. The Morgan fingerprint density at radius 3 is 2.67 bits per heavy atom. The van der Waals surface area contributed by atoms with Crippen LogP contribution in [0.4, 0.5) is 0 Å². The fraction of sp³-hybridized carbons (Fsp3) is 0.647. The lowest BCUT2D eigenvalue weighted by molar-refractivity contribution is -0.149. The molecule has 1 atom stereocenters. The predicted octanol–water partition coefficient (Wildman–Crippen LogP) is 0.705. The highest BCUT2D eigenvalue weighted by Gasteiger charge is 2.31. The van der Waals surface area contributed by atoms with Gasteiger partial charge in [0.1, 0.15) is 6.04 Å². The minimum atomic E-state index is -0.627. The topological polar surface area (TPSA) is 81.5 Å². The Morgan fingerprint density at radius 2 is 2.00 bits per heavy atom. The Hall–Kier alpha value is -2.18. The second-order valence-corrected chi connectivity index (χ2v) is 6.55. The Kier molecular flexibility index (Phi) is 4.69. The number of aryl methyl sites for hydroxylation is 2. The molecule has 7 heteroatoms. The molecule has 0 radical (unpaired) electrons. The van der Waals surface area contributed by atoms with Crippen LogP contribution < -0.4 is 5.56 Å². The maximum absolute atomic E-state index is 12.7. The largest absolute Gasteiger partial charge is 0.469 e. The number of nitrogens with zero attached hydrogens (tertiary/aromatic N) is 3. The zero-order valence-electron chi connectivity index (χ0n) is 14.2. The van der Waals surface area contributed by atoms with E-state index in [9.17, 15) is 14.4 Å². The first kappa shape index (κ1) is 16.7. The number of carbonyl (C=O) groups is 2. The van der Waals surface area contributed by atoms with Crippen molar-refractivity contribution in [3.8, 4) is 0 Å². The van der Waals surface area contributed by atoms with Crippen molar-refractivity contribution in [3.05, 3.63) is 27.7 Å². The van der Waals surface area contributed by atoms with Gasteiger partial charge in [0.2, 0.25) is 5.91 Å². The summed E-state index contributed by atoms with van der Waals surface area (Å²) in [6, 6.07) is 0.987. The summed E-state index contributed by atoms with van der Waals surface area (Å²) in [4.78, 5) is 38.2. The second-order valence-electron chi connectivity index (χ2n) is 6.55. The standard InChI is InChI=1S/C17H23N3O4/c1-11(20-15(21)10-13-4-3-5-14(13)18-20)16(22)19-8-6-12(7-9-19)17(23)24-2/h10-12H,3-9H2,1-2H3. The summed E-state index contributed by atoms with van der Waals surface area (Å²) in [7, 11) is 1.38. The summed E-state index contributed by atoms with van der Waals surface area (Å²) in [5.74, 6) is -0.479. The molecule has 1 aromatic heterocycles. The van der Waals surface area contributed by atoms with Crippen LogP contribution in [-0.4, -0.2) is 46.8 Å². The Morgan fingerprint density at radius 1 is 1.29 bits per heavy atom. The van der Waals surface area contributed by atoms with Gasteiger partial charge in [0.25, 0.3) is 5.56 Å².